The smallest absolute Gasteiger partial charge is 0.294 e. The number of carbonyl (C=O) groups excluding carboxylic acids is 3. The molecule has 0 spiro atoms. The molecule has 4 N–H and O–H groups in total. The molecule has 2 amide bonds. The van der Waals surface area contributed by atoms with Crippen LogP contribution in [0.2, 0.25) is 0 Å². The quantitative estimate of drug-likeness (QED) is 0.124. The van der Waals surface area contributed by atoms with E-state index in [1.165, 1.54) is 37.5 Å². The lowest BCUT2D eigenvalue weighted by molar-refractivity contribution is -0.116. The number of rotatable bonds is 8. The average molecular weight is 611 g/mol. The molecule has 0 atom stereocenters. The molecule has 1 aliphatic carbocycles. The van der Waals surface area contributed by atoms with Crippen molar-refractivity contribution < 1.29 is 32.1 Å². The molecule has 0 aromatic heterocycles. The number of hydrazone groups is 1. The summed E-state index contributed by atoms with van der Waals surface area (Å²) in [5.74, 6) is -1.04. The molecule has 11 nitrogen and oxygen atoms in total. The lowest BCUT2D eigenvalue weighted by Gasteiger charge is -2.18. The highest BCUT2D eigenvalue weighted by Crippen LogP contribution is 2.25. The Hall–Kier alpha value is -5.59. The molecule has 4 aromatic rings. The van der Waals surface area contributed by atoms with Crippen LogP contribution in [-0.2, 0) is 19.7 Å². The van der Waals surface area contributed by atoms with Gasteiger partial charge in [-0.3, -0.25) is 24.4 Å². The molecule has 12 heteroatoms. The van der Waals surface area contributed by atoms with Gasteiger partial charge in [0.05, 0.1) is 23.3 Å². The summed E-state index contributed by atoms with van der Waals surface area (Å²) in [6.45, 7) is 1.79. The predicted octanol–water partition coefficient (Wildman–Crippen LogP) is 4.92. The second-order valence-corrected chi connectivity index (χ2v) is 11.1. The van der Waals surface area contributed by atoms with Crippen LogP contribution in [0.4, 0.5) is 17.1 Å². The zero-order chi connectivity index (χ0) is 31.4. The normalized spacial score (nSPS) is 13.5. The molecule has 44 heavy (non-hydrogen) atoms. The Bertz CT molecular complexity index is 1950. The summed E-state index contributed by atoms with van der Waals surface area (Å²) in [5, 5.41) is 9.78. The van der Waals surface area contributed by atoms with Gasteiger partial charge in [-0.2, -0.15) is 13.5 Å². The third kappa shape index (κ3) is 6.56. The highest BCUT2D eigenvalue weighted by atomic mass is 32.2. The zero-order valence-electron chi connectivity index (χ0n) is 23.5. The Morgan fingerprint density at radius 1 is 0.841 bits per heavy atom. The molecule has 0 saturated carbocycles. The number of hydrogen-bond donors (Lipinski definition) is 4. The minimum absolute atomic E-state index is 0.0242. The van der Waals surface area contributed by atoms with Gasteiger partial charge >= 0.3 is 0 Å². The number of methoxy groups -OCH3 is 1. The molecular formula is C32H26N4O7S. The number of hydrogen-bond acceptors (Lipinski definition) is 8. The first kappa shape index (κ1) is 29.9. The second-order valence-electron chi connectivity index (χ2n) is 9.71. The van der Waals surface area contributed by atoms with Crippen molar-refractivity contribution in [3.8, 4) is 5.75 Å². The second kappa shape index (κ2) is 12.3. The Balaban J connectivity index is 1.37. The fraction of sp³-hybridized carbons (Fsp3) is 0.0625. The fourth-order valence-corrected chi connectivity index (χ4v) is 4.86. The fourth-order valence-electron chi connectivity index (χ4n) is 4.38. The minimum Gasteiger partial charge on any atom is -0.497 e. The Kier molecular flexibility index (Phi) is 8.38. The number of fused-ring (bicyclic) bond motifs is 1. The lowest BCUT2D eigenvalue weighted by atomic mass is 9.89. The van der Waals surface area contributed by atoms with Crippen LogP contribution < -0.4 is 20.8 Å². The number of nitrogens with zero attached hydrogens (tertiary/aromatic N) is 1. The number of nitrogens with one attached hydrogen (secondary N) is 3. The summed E-state index contributed by atoms with van der Waals surface area (Å²) in [5.41, 5.74) is 6.21. The van der Waals surface area contributed by atoms with Crippen LogP contribution in [0.25, 0.3) is 6.08 Å². The van der Waals surface area contributed by atoms with E-state index in [1.807, 2.05) is 0 Å². The van der Waals surface area contributed by atoms with Crippen LogP contribution in [0.5, 0.6) is 5.75 Å². The number of carbonyl (C=O) groups is 3. The molecule has 0 heterocycles. The maximum absolute atomic E-state index is 13.6. The first-order valence-electron chi connectivity index (χ1n) is 13.2. The molecule has 222 valence electrons. The van der Waals surface area contributed by atoms with E-state index in [0.29, 0.717) is 33.9 Å². The van der Waals surface area contributed by atoms with E-state index in [-0.39, 0.29) is 21.7 Å². The largest absolute Gasteiger partial charge is 0.497 e. The van der Waals surface area contributed by atoms with Gasteiger partial charge in [0, 0.05) is 22.5 Å². The molecule has 0 aliphatic heterocycles. The molecule has 0 fully saturated rings. The van der Waals surface area contributed by atoms with E-state index < -0.39 is 27.7 Å². The van der Waals surface area contributed by atoms with E-state index in [1.54, 1.807) is 73.7 Å². The van der Waals surface area contributed by atoms with Gasteiger partial charge < -0.3 is 15.4 Å². The summed E-state index contributed by atoms with van der Waals surface area (Å²) in [4.78, 5) is 39.3. The minimum atomic E-state index is -4.36. The summed E-state index contributed by atoms with van der Waals surface area (Å²) >= 11 is 0. The van der Waals surface area contributed by atoms with Crippen molar-refractivity contribution in [2.24, 2.45) is 5.10 Å². The van der Waals surface area contributed by atoms with Crippen LogP contribution in [0.1, 0.15) is 27.0 Å². The van der Waals surface area contributed by atoms with Crippen LogP contribution >= 0.6 is 0 Å². The van der Waals surface area contributed by atoms with Crippen molar-refractivity contribution in [1.29, 1.82) is 0 Å². The van der Waals surface area contributed by atoms with Crippen molar-refractivity contribution in [3.63, 3.8) is 0 Å². The van der Waals surface area contributed by atoms with Crippen LogP contribution in [0.15, 0.2) is 107 Å². The summed E-state index contributed by atoms with van der Waals surface area (Å²) in [6.07, 6.45) is 1.52. The molecule has 0 saturated heterocycles. The molecule has 0 unspecified atom stereocenters. The molecule has 0 radical (unpaired) electrons. The topological polar surface area (TPSA) is 163 Å². The van der Waals surface area contributed by atoms with Crippen molar-refractivity contribution in [1.82, 2.24) is 0 Å². The molecule has 5 rings (SSSR count). The van der Waals surface area contributed by atoms with Crippen LogP contribution in [-0.4, -0.2) is 43.4 Å². The molecule has 1 aliphatic rings. The number of Topliss-reactive ketones (excluding diaryl/α,β-unsaturated/α-hetero) is 1. The van der Waals surface area contributed by atoms with E-state index in [0.717, 1.165) is 5.56 Å². The highest BCUT2D eigenvalue weighted by Gasteiger charge is 2.30. The van der Waals surface area contributed by atoms with Crippen molar-refractivity contribution >= 4 is 56.6 Å². The van der Waals surface area contributed by atoms with Gasteiger partial charge in [-0.05, 0) is 84.8 Å². The summed E-state index contributed by atoms with van der Waals surface area (Å²) in [6, 6.07) is 23.6. The number of aryl methyl sites for hydroxylation is 1. The number of amides is 2. The van der Waals surface area contributed by atoms with Gasteiger partial charge in [0.2, 0.25) is 5.78 Å². The third-order valence-electron chi connectivity index (χ3n) is 6.77. The predicted molar refractivity (Wildman–Crippen MR) is 167 cm³/mol. The van der Waals surface area contributed by atoms with Crippen LogP contribution in [0.3, 0.4) is 0 Å². The maximum atomic E-state index is 13.6. The molecule has 0 bridgehead atoms. The first-order chi connectivity index (χ1) is 21.0. The number of ketones is 1. The van der Waals surface area contributed by atoms with Gasteiger partial charge in [0.25, 0.3) is 21.9 Å². The van der Waals surface area contributed by atoms with Crippen molar-refractivity contribution in [2.45, 2.75) is 11.8 Å². The molecular weight excluding hydrogens is 584 g/mol. The van der Waals surface area contributed by atoms with Gasteiger partial charge in [0.15, 0.2) is 0 Å². The number of benzene rings is 4. The standard InChI is InChI=1S/C32H26N4O7S/c1-19-7-8-21(31(38)33-23-11-15-25(16-12-23)44(40,41)42)18-28(19)35-36-29-26-6-4-3-5-20(26)17-27(30(29)37)32(39)34-22-9-13-24(43-2)14-10-22/h3-18,35H,1-2H3,(H,33,38)(H,34,39)(H,40,41,42). The SMILES string of the molecule is COc1ccc(NC(=O)C2=Cc3ccccc3C(=NNc3cc(C(=O)Nc4ccc(S(=O)(=O)O)cc4)ccc3C)C2=O)cc1. The Morgan fingerprint density at radius 3 is 2.14 bits per heavy atom. The number of anilines is 3. The third-order valence-corrected chi connectivity index (χ3v) is 7.63. The van der Waals surface area contributed by atoms with Gasteiger partial charge in [-0.1, -0.05) is 30.3 Å². The van der Waals surface area contributed by atoms with Crippen molar-refractivity contribution in [3.05, 3.63) is 119 Å². The maximum Gasteiger partial charge on any atom is 0.294 e. The van der Waals surface area contributed by atoms with Gasteiger partial charge in [-0.15, -0.1) is 0 Å². The highest BCUT2D eigenvalue weighted by molar-refractivity contribution is 7.85. The van der Waals surface area contributed by atoms with Crippen LogP contribution in [0, 0.1) is 6.92 Å². The Morgan fingerprint density at radius 2 is 1.48 bits per heavy atom. The monoisotopic (exact) mass is 610 g/mol. The van der Waals surface area contributed by atoms with E-state index in [2.05, 4.69) is 21.2 Å². The summed E-state index contributed by atoms with van der Waals surface area (Å²) < 4.78 is 36.8. The zero-order valence-corrected chi connectivity index (χ0v) is 24.3. The van der Waals surface area contributed by atoms with Gasteiger partial charge in [0.1, 0.15) is 11.5 Å². The van der Waals surface area contributed by atoms with E-state index in [4.69, 9.17) is 9.29 Å². The molecule has 4 aromatic carbocycles. The van der Waals surface area contributed by atoms with E-state index >= 15 is 0 Å². The Labute approximate surface area is 253 Å². The van der Waals surface area contributed by atoms with Gasteiger partial charge in [-0.25, -0.2) is 0 Å². The van der Waals surface area contributed by atoms with Crippen molar-refractivity contribution in [2.75, 3.05) is 23.2 Å². The lowest BCUT2D eigenvalue weighted by Crippen LogP contribution is -2.30. The number of ether oxygens (including phenoxy) is 1. The van der Waals surface area contributed by atoms with E-state index in [9.17, 15) is 22.8 Å². The first-order valence-corrected chi connectivity index (χ1v) is 14.6. The average Bonchev–Trinajstić information content (AvgIpc) is 3.01. The summed E-state index contributed by atoms with van der Waals surface area (Å²) in [7, 11) is -2.82.